The fourth-order valence-electron chi connectivity index (χ4n) is 4.33. The number of morpholine rings is 1. The topological polar surface area (TPSA) is 87.3 Å². The number of rotatable bonds is 6. The Kier molecular flexibility index (Phi) is 6.19. The number of aryl methyl sites for hydroxylation is 1. The Bertz CT molecular complexity index is 1370. The fourth-order valence-corrected chi connectivity index (χ4v) is 4.97. The number of hydrogen-bond donors (Lipinski definition) is 2. The van der Waals surface area contributed by atoms with Crippen LogP contribution >= 0.6 is 11.3 Å². The molecule has 1 aliphatic rings. The molecule has 1 fully saturated rings. The number of ether oxygens (including phenoxy) is 1. The van der Waals surface area contributed by atoms with Crippen LogP contribution in [0, 0.1) is 0 Å². The summed E-state index contributed by atoms with van der Waals surface area (Å²) < 4.78 is 7.11. The second kappa shape index (κ2) is 9.42. The number of aromatic carboxylic acids is 1. The number of fused-ring (bicyclic) bond motifs is 1. The highest BCUT2D eigenvalue weighted by Crippen LogP contribution is 2.35. The number of carboxylic acids is 1. The van der Waals surface area contributed by atoms with Crippen LogP contribution in [0.5, 0.6) is 5.88 Å². The van der Waals surface area contributed by atoms with Crippen molar-refractivity contribution in [1.82, 2.24) is 9.47 Å². The van der Waals surface area contributed by atoms with Gasteiger partial charge in [-0.05, 0) is 47.3 Å². The van der Waals surface area contributed by atoms with Crippen LogP contribution in [0.1, 0.15) is 27.0 Å². The first-order chi connectivity index (χ1) is 16.5. The summed E-state index contributed by atoms with van der Waals surface area (Å²) in [6.45, 7) is 4.13. The molecule has 1 saturated heterocycles. The molecule has 174 valence electrons. The number of aromatic nitrogens is 1. The van der Waals surface area contributed by atoms with Gasteiger partial charge >= 0.3 is 5.97 Å². The zero-order valence-corrected chi connectivity index (χ0v) is 19.6. The van der Waals surface area contributed by atoms with E-state index in [-0.39, 0.29) is 11.4 Å². The maximum absolute atomic E-state index is 11.6. The fraction of sp³-hybridized carbons (Fsp3) is 0.231. The molecule has 0 aliphatic carbocycles. The molecule has 3 heterocycles. The molecule has 0 amide bonds. The third kappa shape index (κ3) is 4.35. The van der Waals surface area contributed by atoms with Crippen LogP contribution in [0.2, 0.25) is 0 Å². The lowest BCUT2D eigenvalue weighted by Gasteiger charge is -2.26. The van der Waals surface area contributed by atoms with E-state index in [0.29, 0.717) is 16.7 Å². The van der Waals surface area contributed by atoms with Gasteiger partial charge in [-0.3, -0.25) is 4.90 Å². The Balaban J connectivity index is 1.62. The molecular formula is C26H25N3O4S. The lowest BCUT2D eigenvalue weighted by Crippen LogP contribution is -2.35. The van der Waals surface area contributed by atoms with Gasteiger partial charge in [-0.25, -0.2) is 9.79 Å². The minimum absolute atomic E-state index is 0.0481. The number of carboxylic acid groups (broad SMARTS) is 1. The Morgan fingerprint density at radius 1 is 1.12 bits per heavy atom. The van der Waals surface area contributed by atoms with Gasteiger partial charge in [0, 0.05) is 43.0 Å². The molecule has 0 spiro atoms. The second-order valence-corrected chi connectivity index (χ2v) is 9.11. The van der Waals surface area contributed by atoms with Gasteiger partial charge in [0.2, 0.25) is 5.88 Å². The summed E-state index contributed by atoms with van der Waals surface area (Å²) in [5.41, 5.74) is 4.83. The van der Waals surface area contributed by atoms with Gasteiger partial charge in [-0.15, -0.1) is 0 Å². The number of aliphatic imine (C=N–C) groups is 1. The van der Waals surface area contributed by atoms with E-state index in [2.05, 4.69) is 17.0 Å². The minimum Gasteiger partial charge on any atom is -0.494 e. The highest BCUT2D eigenvalue weighted by Gasteiger charge is 2.22. The molecule has 5 rings (SSSR count). The molecule has 4 aromatic rings. The van der Waals surface area contributed by atoms with Crippen molar-refractivity contribution >= 4 is 39.6 Å². The summed E-state index contributed by atoms with van der Waals surface area (Å²) in [6, 6.07) is 14.9. The third-order valence-corrected chi connectivity index (χ3v) is 6.79. The van der Waals surface area contributed by atoms with E-state index in [1.165, 1.54) is 0 Å². The SMILES string of the molecule is Cn1c(O)c(C(=Nc2cccc(CN3CCOCC3)c2)c2ccsc2)c2cc(C(=O)O)ccc21. The number of thiophene rings is 1. The highest BCUT2D eigenvalue weighted by atomic mass is 32.1. The predicted molar refractivity (Wildman–Crippen MR) is 134 cm³/mol. The van der Waals surface area contributed by atoms with Crippen molar-refractivity contribution in [2.24, 2.45) is 12.0 Å². The molecule has 8 heteroatoms. The van der Waals surface area contributed by atoms with Crippen LogP contribution in [-0.2, 0) is 18.3 Å². The average Bonchev–Trinajstić information content (AvgIpc) is 3.46. The Morgan fingerprint density at radius 3 is 2.68 bits per heavy atom. The van der Waals surface area contributed by atoms with Gasteiger partial charge < -0.3 is 19.5 Å². The zero-order valence-electron chi connectivity index (χ0n) is 18.8. The maximum Gasteiger partial charge on any atom is 0.335 e. The smallest absolute Gasteiger partial charge is 0.335 e. The van der Waals surface area contributed by atoms with E-state index in [4.69, 9.17) is 9.73 Å². The zero-order chi connectivity index (χ0) is 23.7. The summed E-state index contributed by atoms with van der Waals surface area (Å²) in [5, 5.41) is 25.2. The third-order valence-electron chi connectivity index (χ3n) is 6.11. The molecule has 0 atom stereocenters. The Labute approximate surface area is 201 Å². The van der Waals surface area contributed by atoms with Gasteiger partial charge in [-0.2, -0.15) is 11.3 Å². The normalized spacial score (nSPS) is 15.1. The number of nitrogens with zero attached hydrogens (tertiary/aromatic N) is 3. The van der Waals surface area contributed by atoms with E-state index < -0.39 is 5.97 Å². The van der Waals surface area contributed by atoms with Crippen LogP contribution in [0.15, 0.2) is 64.3 Å². The first kappa shape index (κ1) is 22.3. The van der Waals surface area contributed by atoms with Crippen molar-refractivity contribution in [3.8, 4) is 5.88 Å². The van der Waals surface area contributed by atoms with Crippen LogP contribution in [0.25, 0.3) is 10.9 Å². The van der Waals surface area contributed by atoms with E-state index in [0.717, 1.165) is 55.2 Å². The van der Waals surface area contributed by atoms with Crippen LogP contribution in [0.3, 0.4) is 0 Å². The molecule has 0 radical (unpaired) electrons. The van der Waals surface area contributed by atoms with Gasteiger partial charge in [-0.1, -0.05) is 12.1 Å². The largest absolute Gasteiger partial charge is 0.494 e. The van der Waals surface area contributed by atoms with Gasteiger partial charge in [0.15, 0.2) is 0 Å². The summed E-state index contributed by atoms with van der Waals surface area (Å²) in [6.07, 6.45) is 0. The summed E-state index contributed by atoms with van der Waals surface area (Å²) in [5.74, 6) is -0.965. The quantitative estimate of drug-likeness (QED) is 0.397. The van der Waals surface area contributed by atoms with Crippen molar-refractivity contribution < 1.29 is 19.7 Å². The number of aromatic hydroxyl groups is 1. The standard InChI is InChI=1S/C26H25N3O4S/c1-28-22-6-5-18(26(31)32)14-21(22)23(25(28)30)24(19-7-12-34-16-19)27-20-4-2-3-17(13-20)15-29-8-10-33-11-9-29/h2-7,12-14,16,30H,8-11,15H2,1H3,(H,31,32). The van der Waals surface area contributed by atoms with E-state index in [1.54, 1.807) is 41.2 Å². The van der Waals surface area contributed by atoms with Crippen molar-refractivity contribution in [2.45, 2.75) is 6.54 Å². The van der Waals surface area contributed by atoms with Crippen molar-refractivity contribution in [2.75, 3.05) is 26.3 Å². The molecular weight excluding hydrogens is 450 g/mol. The molecule has 0 bridgehead atoms. The molecule has 1 aliphatic heterocycles. The first-order valence-corrected chi connectivity index (χ1v) is 12.0. The molecule has 0 unspecified atom stereocenters. The number of benzene rings is 2. The van der Waals surface area contributed by atoms with Gasteiger partial charge in [0.05, 0.1) is 41.3 Å². The molecule has 34 heavy (non-hydrogen) atoms. The van der Waals surface area contributed by atoms with Crippen LogP contribution < -0.4 is 0 Å². The number of hydrogen-bond acceptors (Lipinski definition) is 6. The summed E-state index contributed by atoms with van der Waals surface area (Å²) in [4.78, 5) is 19.0. The second-order valence-electron chi connectivity index (χ2n) is 8.33. The highest BCUT2D eigenvalue weighted by molar-refractivity contribution is 7.08. The average molecular weight is 476 g/mol. The molecule has 7 nitrogen and oxygen atoms in total. The van der Waals surface area contributed by atoms with E-state index in [9.17, 15) is 15.0 Å². The van der Waals surface area contributed by atoms with Crippen LogP contribution in [-0.4, -0.2) is 57.7 Å². The summed E-state index contributed by atoms with van der Waals surface area (Å²) >= 11 is 1.54. The first-order valence-electron chi connectivity index (χ1n) is 11.1. The molecule has 0 saturated carbocycles. The summed E-state index contributed by atoms with van der Waals surface area (Å²) in [7, 11) is 1.76. The number of carbonyl (C=O) groups is 1. The minimum atomic E-state index is -1.01. The van der Waals surface area contributed by atoms with Crippen molar-refractivity contribution in [1.29, 1.82) is 0 Å². The van der Waals surface area contributed by atoms with Gasteiger partial charge in [0.1, 0.15) is 0 Å². The molecule has 2 aromatic heterocycles. The lowest BCUT2D eigenvalue weighted by atomic mass is 10.0. The van der Waals surface area contributed by atoms with Crippen LogP contribution in [0.4, 0.5) is 5.69 Å². The van der Waals surface area contributed by atoms with Gasteiger partial charge in [0.25, 0.3) is 0 Å². The lowest BCUT2D eigenvalue weighted by molar-refractivity contribution is 0.0342. The predicted octanol–water partition coefficient (Wildman–Crippen LogP) is 4.64. The Morgan fingerprint density at radius 2 is 1.94 bits per heavy atom. The molecule has 2 N–H and O–H groups in total. The monoisotopic (exact) mass is 475 g/mol. The van der Waals surface area contributed by atoms with E-state index >= 15 is 0 Å². The van der Waals surface area contributed by atoms with E-state index in [1.807, 2.05) is 29.0 Å². The van der Waals surface area contributed by atoms with Crippen molar-refractivity contribution in [3.63, 3.8) is 0 Å². The molecule has 2 aromatic carbocycles. The van der Waals surface area contributed by atoms with Crippen molar-refractivity contribution in [3.05, 3.63) is 81.5 Å². The maximum atomic E-state index is 11.6. The Hall–Kier alpha value is -3.46.